The van der Waals surface area contributed by atoms with Crippen LogP contribution in [0, 0.1) is 6.92 Å². The van der Waals surface area contributed by atoms with Crippen molar-refractivity contribution in [1.29, 1.82) is 0 Å². The Morgan fingerprint density at radius 2 is 1.65 bits per heavy atom. The Kier molecular flexibility index (Phi) is 7.19. The lowest BCUT2D eigenvalue weighted by Crippen LogP contribution is -2.57. The molecule has 0 aliphatic carbocycles. The topological polar surface area (TPSA) is 70.5 Å². The number of para-hydroxylation sites is 2. The van der Waals surface area contributed by atoms with Crippen molar-refractivity contribution in [3.05, 3.63) is 66.0 Å². The first-order chi connectivity index (χ1) is 19.3. The molecule has 3 aromatic rings. The second-order valence-electron chi connectivity index (χ2n) is 12.8. The number of imidazole rings is 1. The minimum Gasteiger partial charge on any atom is -0.345 e. The summed E-state index contributed by atoms with van der Waals surface area (Å²) in [6, 6.07) is 21.3. The van der Waals surface area contributed by atoms with Gasteiger partial charge in [0.25, 0.3) is 0 Å². The Morgan fingerprint density at radius 1 is 1.00 bits per heavy atom. The molecule has 1 aromatic heterocycles. The molecule has 2 bridgehead atoms. The molecule has 6 rings (SSSR count). The Labute approximate surface area is 237 Å². The Hall–Kier alpha value is -3.19. The summed E-state index contributed by atoms with van der Waals surface area (Å²) in [6.45, 7) is 8.28. The molecule has 3 fully saturated rings. The van der Waals surface area contributed by atoms with Crippen molar-refractivity contribution < 1.29 is 9.59 Å². The highest BCUT2D eigenvalue weighted by Gasteiger charge is 2.45. The number of piperidine rings is 2. The summed E-state index contributed by atoms with van der Waals surface area (Å²) in [5.74, 6) is 1.14. The fourth-order valence-corrected chi connectivity index (χ4v) is 8.01. The second-order valence-corrected chi connectivity index (χ2v) is 12.8. The van der Waals surface area contributed by atoms with Gasteiger partial charge in [0.1, 0.15) is 11.4 Å². The first kappa shape index (κ1) is 27.0. The van der Waals surface area contributed by atoms with E-state index in [0.29, 0.717) is 24.5 Å². The molecule has 40 heavy (non-hydrogen) atoms. The van der Waals surface area contributed by atoms with E-state index in [4.69, 9.17) is 4.98 Å². The van der Waals surface area contributed by atoms with Crippen LogP contribution in [0.2, 0.25) is 0 Å². The number of hydrogen-bond donors (Lipinski definition) is 1. The molecule has 2 amide bonds. The number of nitrogens with one attached hydrogen (secondary N) is 1. The lowest BCUT2D eigenvalue weighted by atomic mass is 9.70. The minimum atomic E-state index is -0.878. The van der Waals surface area contributed by atoms with Gasteiger partial charge in [-0.15, -0.1) is 0 Å². The van der Waals surface area contributed by atoms with Crippen molar-refractivity contribution in [3.63, 3.8) is 0 Å². The minimum absolute atomic E-state index is 0.00342. The summed E-state index contributed by atoms with van der Waals surface area (Å²) in [5.41, 5.74) is 2.96. The number of carbonyl (C=O) groups excluding carboxylic acids is 2. The molecule has 1 unspecified atom stereocenters. The SMILES string of the molecule is Cc1nc2ccccc2n1C1C[C@H]2CC[C@@H](C1)N2CCC1(c2ccccc2)CCN(C(=O)C(C)(C)NC=O)CC1. The third kappa shape index (κ3) is 4.83. The van der Waals surface area contributed by atoms with Gasteiger partial charge < -0.3 is 14.8 Å². The lowest BCUT2D eigenvalue weighted by Gasteiger charge is -2.46. The highest BCUT2D eigenvalue weighted by Crippen LogP contribution is 2.45. The van der Waals surface area contributed by atoms with Crippen LogP contribution in [0.4, 0.5) is 0 Å². The molecule has 2 aromatic carbocycles. The molecular weight excluding hydrogens is 498 g/mol. The third-order valence-electron chi connectivity index (χ3n) is 10.2. The van der Waals surface area contributed by atoms with Crippen molar-refractivity contribution in [1.82, 2.24) is 24.7 Å². The van der Waals surface area contributed by atoms with Crippen LogP contribution in [0.5, 0.6) is 0 Å². The molecule has 1 N–H and O–H groups in total. The number of carbonyl (C=O) groups is 2. The van der Waals surface area contributed by atoms with Gasteiger partial charge in [0.15, 0.2) is 0 Å². The van der Waals surface area contributed by atoms with Crippen LogP contribution >= 0.6 is 0 Å². The molecule has 3 saturated heterocycles. The fourth-order valence-electron chi connectivity index (χ4n) is 8.01. The number of nitrogens with zero attached hydrogens (tertiary/aromatic N) is 4. The van der Waals surface area contributed by atoms with E-state index >= 15 is 0 Å². The van der Waals surface area contributed by atoms with Crippen molar-refractivity contribution >= 4 is 23.4 Å². The molecule has 7 heteroatoms. The van der Waals surface area contributed by atoms with Crippen LogP contribution in [0.15, 0.2) is 54.6 Å². The zero-order valence-electron chi connectivity index (χ0n) is 24.2. The lowest BCUT2D eigenvalue weighted by molar-refractivity contribution is -0.140. The molecular formula is C33H43N5O2. The number of hydrogen-bond acceptors (Lipinski definition) is 4. The van der Waals surface area contributed by atoms with Gasteiger partial charge in [0, 0.05) is 31.2 Å². The van der Waals surface area contributed by atoms with Gasteiger partial charge in [-0.25, -0.2) is 4.98 Å². The van der Waals surface area contributed by atoms with Gasteiger partial charge in [-0.05, 0) is 95.4 Å². The van der Waals surface area contributed by atoms with Gasteiger partial charge in [-0.1, -0.05) is 42.5 Å². The maximum absolute atomic E-state index is 13.2. The number of rotatable bonds is 8. The molecule has 7 nitrogen and oxygen atoms in total. The van der Waals surface area contributed by atoms with Crippen LogP contribution in [-0.4, -0.2) is 68.9 Å². The summed E-state index contributed by atoms with van der Waals surface area (Å²) in [5, 5.41) is 2.70. The normalized spacial score (nSPS) is 24.8. The molecule has 3 aliphatic heterocycles. The van der Waals surface area contributed by atoms with Crippen molar-refractivity contribution in [2.24, 2.45) is 0 Å². The molecule has 0 spiro atoms. The maximum atomic E-state index is 13.2. The van der Waals surface area contributed by atoms with Crippen molar-refractivity contribution in [2.75, 3.05) is 19.6 Å². The Bertz CT molecular complexity index is 1340. The number of likely N-dealkylation sites (tertiary alicyclic amines) is 1. The third-order valence-corrected chi connectivity index (χ3v) is 10.2. The largest absolute Gasteiger partial charge is 0.345 e. The van der Waals surface area contributed by atoms with Crippen LogP contribution < -0.4 is 5.32 Å². The molecule has 212 valence electrons. The molecule has 3 aliphatic rings. The summed E-state index contributed by atoms with van der Waals surface area (Å²) < 4.78 is 2.51. The summed E-state index contributed by atoms with van der Waals surface area (Å²) >= 11 is 0. The van der Waals surface area contributed by atoms with Crippen molar-refractivity contribution in [2.45, 2.75) is 94.8 Å². The molecule has 4 heterocycles. The van der Waals surface area contributed by atoms with Crippen LogP contribution in [0.1, 0.15) is 76.2 Å². The van der Waals surface area contributed by atoms with Gasteiger partial charge in [0.2, 0.25) is 12.3 Å². The number of benzene rings is 2. The van der Waals surface area contributed by atoms with E-state index in [9.17, 15) is 9.59 Å². The van der Waals surface area contributed by atoms with Crippen LogP contribution in [0.25, 0.3) is 11.0 Å². The van der Waals surface area contributed by atoms with Gasteiger partial charge in [0.05, 0.1) is 11.0 Å². The summed E-state index contributed by atoms with van der Waals surface area (Å²) in [7, 11) is 0. The van der Waals surface area contributed by atoms with E-state index in [-0.39, 0.29) is 11.3 Å². The Morgan fingerprint density at radius 3 is 2.33 bits per heavy atom. The highest BCUT2D eigenvalue weighted by atomic mass is 16.2. The monoisotopic (exact) mass is 541 g/mol. The predicted molar refractivity (Wildman–Crippen MR) is 158 cm³/mol. The number of fused-ring (bicyclic) bond motifs is 3. The van der Waals surface area contributed by atoms with E-state index in [1.807, 2.05) is 4.90 Å². The molecule has 0 saturated carbocycles. The van der Waals surface area contributed by atoms with Crippen LogP contribution in [0.3, 0.4) is 0 Å². The molecule has 0 radical (unpaired) electrons. The zero-order chi connectivity index (χ0) is 27.9. The fraction of sp³-hybridized carbons (Fsp3) is 0.545. The first-order valence-electron chi connectivity index (χ1n) is 15.1. The maximum Gasteiger partial charge on any atom is 0.247 e. The highest BCUT2D eigenvalue weighted by molar-refractivity contribution is 5.87. The van der Waals surface area contributed by atoms with E-state index < -0.39 is 5.54 Å². The average molecular weight is 542 g/mol. The first-order valence-corrected chi connectivity index (χ1v) is 15.1. The van der Waals surface area contributed by atoms with Gasteiger partial charge in [-0.3, -0.25) is 14.5 Å². The standard InChI is InChI=1S/C33H43N5O2/c1-24-35-29-11-7-8-12-30(29)38(24)28-21-26-13-14-27(22-28)37(26)20-17-33(25-9-5-4-6-10-25)15-18-36(19-16-33)31(40)32(2,3)34-23-39/h4-12,23,26-28H,13-22H2,1-3H3,(H,34,39)/t26-,27+,28?. The number of aromatic nitrogens is 2. The smallest absolute Gasteiger partial charge is 0.247 e. The quantitative estimate of drug-likeness (QED) is 0.408. The predicted octanol–water partition coefficient (Wildman–Crippen LogP) is 4.99. The zero-order valence-corrected chi connectivity index (χ0v) is 24.2. The van der Waals surface area contributed by atoms with Gasteiger partial charge >= 0.3 is 0 Å². The van der Waals surface area contributed by atoms with E-state index in [2.05, 4.69) is 76.3 Å². The summed E-state index contributed by atoms with van der Waals surface area (Å²) in [4.78, 5) is 33.9. The number of amides is 2. The van der Waals surface area contributed by atoms with Crippen molar-refractivity contribution in [3.8, 4) is 0 Å². The van der Waals surface area contributed by atoms with Gasteiger partial charge in [-0.2, -0.15) is 0 Å². The number of aryl methyl sites for hydroxylation is 1. The van der Waals surface area contributed by atoms with E-state index in [1.165, 1.54) is 36.8 Å². The van der Waals surface area contributed by atoms with E-state index in [1.54, 1.807) is 13.8 Å². The Balaban J connectivity index is 1.16. The molecule has 3 atom stereocenters. The average Bonchev–Trinajstić information content (AvgIpc) is 3.42. The summed E-state index contributed by atoms with van der Waals surface area (Å²) in [6.07, 6.45) is 8.59. The van der Waals surface area contributed by atoms with Crippen LogP contribution in [-0.2, 0) is 15.0 Å². The van der Waals surface area contributed by atoms with E-state index in [0.717, 1.165) is 50.2 Å². The second kappa shape index (κ2) is 10.7.